The highest BCUT2D eigenvalue weighted by atomic mass is 32.1. The fourth-order valence-electron chi connectivity index (χ4n) is 4.32. The van der Waals surface area contributed by atoms with E-state index in [0.29, 0.717) is 5.56 Å². The van der Waals surface area contributed by atoms with Gasteiger partial charge in [0.15, 0.2) is 0 Å². The second kappa shape index (κ2) is 9.73. The van der Waals surface area contributed by atoms with Crippen LogP contribution in [0.25, 0.3) is 10.1 Å². The van der Waals surface area contributed by atoms with Gasteiger partial charge in [0.05, 0.1) is 4.70 Å². The fraction of sp³-hybridized carbons (Fsp3) is 0.259. The van der Waals surface area contributed by atoms with Crippen LogP contribution >= 0.6 is 11.5 Å². The fourth-order valence-corrected chi connectivity index (χ4v) is 5.11. The number of piperazine rings is 1. The van der Waals surface area contributed by atoms with Gasteiger partial charge in [-0.25, -0.2) is 0 Å². The van der Waals surface area contributed by atoms with E-state index in [4.69, 9.17) is 4.37 Å². The number of carbonyl (C=O) groups is 1. The first-order valence-electron chi connectivity index (χ1n) is 11.4. The Morgan fingerprint density at radius 2 is 1.76 bits per heavy atom. The van der Waals surface area contributed by atoms with Crippen LogP contribution in [0.15, 0.2) is 72.8 Å². The van der Waals surface area contributed by atoms with E-state index in [9.17, 15) is 4.79 Å². The third kappa shape index (κ3) is 5.07. The lowest BCUT2D eigenvalue weighted by Crippen LogP contribution is -2.47. The Hall–Kier alpha value is -3.22. The molecule has 0 spiro atoms. The van der Waals surface area contributed by atoms with Gasteiger partial charge in [-0.05, 0) is 66.8 Å². The molecule has 2 heterocycles. The number of anilines is 2. The van der Waals surface area contributed by atoms with E-state index in [1.807, 2.05) is 43.3 Å². The highest BCUT2D eigenvalue weighted by molar-refractivity contribution is 7.13. The lowest BCUT2D eigenvalue weighted by atomic mass is 10.1. The zero-order valence-corrected chi connectivity index (χ0v) is 19.6. The second-order valence-corrected chi connectivity index (χ2v) is 9.41. The number of aryl methyl sites for hydroxylation is 1. The molecule has 0 aliphatic carbocycles. The van der Waals surface area contributed by atoms with Crippen molar-refractivity contribution in [1.82, 2.24) is 9.27 Å². The average molecular weight is 457 g/mol. The smallest absolute Gasteiger partial charge is 0.255 e. The van der Waals surface area contributed by atoms with Gasteiger partial charge in [-0.1, -0.05) is 42.0 Å². The maximum Gasteiger partial charge on any atom is 0.255 e. The SMILES string of the molecule is Cc1cccc(C(=O)Nc2ccc(CCN3CCN(c4nsc5ccccc45)CC3)cc2)c1. The van der Waals surface area contributed by atoms with E-state index < -0.39 is 0 Å². The molecule has 1 fully saturated rings. The standard InChI is InChI=1S/C27H28N4OS/c1-20-5-4-6-22(19-20)27(32)28-23-11-9-21(10-12-23)13-14-30-15-17-31(18-16-30)26-24-7-2-3-8-25(24)33-29-26/h2-12,19H,13-18H2,1H3,(H,28,32). The molecule has 0 radical (unpaired) electrons. The van der Waals surface area contributed by atoms with Crippen molar-refractivity contribution in [2.45, 2.75) is 13.3 Å². The number of nitrogens with zero attached hydrogens (tertiary/aromatic N) is 3. The van der Waals surface area contributed by atoms with Crippen LogP contribution in [0, 0.1) is 6.92 Å². The van der Waals surface area contributed by atoms with Crippen molar-refractivity contribution >= 4 is 39.0 Å². The van der Waals surface area contributed by atoms with Crippen LogP contribution in [0.3, 0.4) is 0 Å². The van der Waals surface area contributed by atoms with Gasteiger partial charge in [0.1, 0.15) is 5.82 Å². The molecular formula is C27H28N4OS. The molecule has 168 valence electrons. The average Bonchev–Trinajstić information content (AvgIpc) is 3.28. The summed E-state index contributed by atoms with van der Waals surface area (Å²) in [6.07, 6.45) is 1.01. The maximum absolute atomic E-state index is 12.4. The normalized spacial score (nSPS) is 14.5. The Balaban J connectivity index is 1.11. The number of aromatic nitrogens is 1. The Labute approximate surface area is 198 Å². The molecule has 5 nitrogen and oxygen atoms in total. The number of amides is 1. The molecule has 1 N–H and O–H groups in total. The molecule has 33 heavy (non-hydrogen) atoms. The topological polar surface area (TPSA) is 48.5 Å². The Morgan fingerprint density at radius 1 is 0.970 bits per heavy atom. The van der Waals surface area contributed by atoms with Gasteiger partial charge in [0.25, 0.3) is 5.91 Å². The molecular weight excluding hydrogens is 428 g/mol. The first-order valence-corrected chi connectivity index (χ1v) is 12.2. The van der Waals surface area contributed by atoms with Gasteiger partial charge >= 0.3 is 0 Å². The van der Waals surface area contributed by atoms with Crippen molar-refractivity contribution in [1.29, 1.82) is 0 Å². The molecule has 0 unspecified atom stereocenters. The minimum Gasteiger partial charge on any atom is -0.353 e. The van der Waals surface area contributed by atoms with Gasteiger partial charge in [0.2, 0.25) is 0 Å². The summed E-state index contributed by atoms with van der Waals surface area (Å²) in [6.45, 7) is 7.16. The zero-order chi connectivity index (χ0) is 22.6. The quantitative estimate of drug-likeness (QED) is 0.432. The minimum absolute atomic E-state index is 0.0720. The molecule has 1 amide bonds. The lowest BCUT2D eigenvalue weighted by molar-refractivity contribution is 0.102. The monoisotopic (exact) mass is 456 g/mol. The molecule has 1 aliphatic heterocycles. The summed E-state index contributed by atoms with van der Waals surface area (Å²) >= 11 is 1.59. The van der Waals surface area contributed by atoms with Crippen LogP contribution in [-0.2, 0) is 6.42 Å². The van der Waals surface area contributed by atoms with Crippen LogP contribution in [0.5, 0.6) is 0 Å². The van der Waals surface area contributed by atoms with Gasteiger partial charge in [-0.2, -0.15) is 4.37 Å². The summed E-state index contributed by atoms with van der Waals surface area (Å²) in [5.74, 6) is 1.07. The molecule has 1 aromatic heterocycles. The van der Waals surface area contributed by atoms with Crippen LogP contribution in [-0.4, -0.2) is 47.9 Å². The molecule has 0 atom stereocenters. The Morgan fingerprint density at radius 3 is 2.55 bits per heavy atom. The van der Waals surface area contributed by atoms with Crippen molar-refractivity contribution in [3.63, 3.8) is 0 Å². The van der Waals surface area contributed by atoms with Crippen LogP contribution in [0.1, 0.15) is 21.5 Å². The van der Waals surface area contributed by atoms with E-state index in [1.165, 1.54) is 15.6 Å². The number of benzene rings is 3. The van der Waals surface area contributed by atoms with Crippen molar-refractivity contribution in [3.05, 3.63) is 89.5 Å². The second-order valence-electron chi connectivity index (χ2n) is 8.60. The summed E-state index contributed by atoms with van der Waals surface area (Å²) in [5, 5.41) is 4.26. The van der Waals surface area contributed by atoms with Crippen molar-refractivity contribution in [2.24, 2.45) is 0 Å². The number of nitrogens with one attached hydrogen (secondary N) is 1. The number of hydrogen-bond acceptors (Lipinski definition) is 5. The van der Waals surface area contributed by atoms with Crippen LogP contribution in [0.2, 0.25) is 0 Å². The van der Waals surface area contributed by atoms with Crippen molar-refractivity contribution in [2.75, 3.05) is 42.9 Å². The molecule has 4 aromatic rings. The third-order valence-electron chi connectivity index (χ3n) is 6.24. The number of hydrogen-bond donors (Lipinski definition) is 1. The third-order valence-corrected chi connectivity index (χ3v) is 7.06. The van der Waals surface area contributed by atoms with E-state index in [-0.39, 0.29) is 5.91 Å². The van der Waals surface area contributed by atoms with Gasteiger partial charge in [0, 0.05) is 49.4 Å². The predicted octanol–water partition coefficient (Wildman–Crippen LogP) is 5.22. The van der Waals surface area contributed by atoms with Crippen molar-refractivity contribution in [3.8, 4) is 0 Å². The van der Waals surface area contributed by atoms with Gasteiger partial charge < -0.3 is 10.2 Å². The lowest BCUT2D eigenvalue weighted by Gasteiger charge is -2.35. The molecule has 1 saturated heterocycles. The van der Waals surface area contributed by atoms with Gasteiger partial charge in [-0.15, -0.1) is 0 Å². The summed E-state index contributed by atoms with van der Waals surface area (Å²) in [5.41, 5.74) is 3.88. The largest absolute Gasteiger partial charge is 0.353 e. The summed E-state index contributed by atoms with van der Waals surface area (Å²) in [7, 11) is 0. The van der Waals surface area contributed by atoms with Crippen molar-refractivity contribution < 1.29 is 4.79 Å². The maximum atomic E-state index is 12.4. The van der Waals surface area contributed by atoms with Crippen LogP contribution < -0.4 is 10.2 Å². The van der Waals surface area contributed by atoms with Crippen LogP contribution in [0.4, 0.5) is 11.5 Å². The zero-order valence-electron chi connectivity index (χ0n) is 18.8. The first-order chi connectivity index (χ1) is 16.2. The molecule has 5 rings (SSSR count). The highest BCUT2D eigenvalue weighted by Crippen LogP contribution is 2.29. The molecule has 0 saturated carbocycles. The molecule has 3 aromatic carbocycles. The number of fused-ring (bicyclic) bond motifs is 1. The predicted molar refractivity (Wildman–Crippen MR) is 138 cm³/mol. The summed E-state index contributed by atoms with van der Waals surface area (Å²) in [6, 6.07) is 24.4. The Bertz CT molecular complexity index is 1240. The van der Waals surface area contributed by atoms with E-state index in [2.05, 4.69) is 51.5 Å². The first kappa shape index (κ1) is 21.6. The molecule has 6 heteroatoms. The van der Waals surface area contributed by atoms with E-state index >= 15 is 0 Å². The molecule has 1 aliphatic rings. The molecule has 0 bridgehead atoms. The number of rotatable bonds is 6. The van der Waals surface area contributed by atoms with E-state index in [0.717, 1.165) is 56.2 Å². The Kier molecular flexibility index (Phi) is 6.37. The number of carbonyl (C=O) groups excluding carboxylic acids is 1. The summed E-state index contributed by atoms with van der Waals surface area (Å²) < 4.78 is 5.97. The summed E-state index contributed by atoms with van der Waals surface area (Å²) in [4.78, 5) is 17.4. The van der Waals surface area contributed by atoms with E-state index in [1.54, 1.807) is 11.5 Å². The highest BCUT2D eigenvalue weighted by Gasteiger charge is 2.20. The minimum atomic E-state index is -0.0720. The van der Waals surface area contributed by atoms with Gasteiger partial charge in [-0.3, -0.25) is 9.69 Å².